The summed E-state index contributed by atoms with van der Waals surface area (Å²) in [4.78, 5) is 59.5. The van der Waals surface area contributed by atoms with Gasteiger partial charge >= 0.3 is 11.9 Å². The lowest BCUT2D eigenvalue weighted by atomic mass is 10.1. The number of nitrogens with one attached hydrogen (secondary N) is 2. The van der Waals surface area contributed by atoms with Gasteiger partial charge in [0.1, 0.15) is 0 Å². The van der Waals surface area contributed by atoms with Gasteiger partial charge in [0, 0.05) is 35.9 Å². The number of esters is 2. The van der Waals surface area contributed by atoms with Crippen molar-refractivity contribution in [1.29, 1.82) is 0 Å². The first kappa shape index (κ1) is 32.3. The van der Waals surface area contributed by atoms with Gasteiger partial charge in [-0.25, -0.2) is 10.2 Å². The third-order valence-corrected chi connectivity index (χ3v) is 6.15. The molecule has 0 aliphatic rings. The van der Waals surface area contributed by atoms with Gasteiger partial charge in [0.2, 0.25) is 0 Å². The van der Waals surface area contributed by atoms with Crippen LogP contribution in [0.25, 0.3) is 0 Å². The topological polar surface area (TPSA) is 185 Å². The second-order valence-electron chi connectivity index (χ2n) is 9.30. The molecule has 0 heterocycles. The SMILES string of the molecule is COc1cc(C(=O)Nc2cccc(C(=O)NN=Cc3ccc(OC(=O)c4ccc([N+](=O)[O-])cc4)c(OC)c3)c2)ccc1OC(C)=O. The number of non-ortho nitro benzene ring substituents is 1. The van der Waals surface area contributed by atoms with Crippen LogP contribution in [0.1, 0.15) is 43.6 Å². The molecule has 4 rings (SSSR count). The zero-order valence-corrected chi connectivity index (χ0v) is 24.6. The third kappa shape index (κ3) is 8.29. The van der Waals surface area contributed by atoms with Gasteiger partial charge in [0.25, 0.3) is 17.5 Å². The zero-order chi connectivity index (χ0) is 33.2. The van der Waals surface area contributed by atoms with Crippen molar-refractivity contribution in [2.75, 3.05) is 19.5 Å². The molecule has 46 heavy (non-hydrogen) atoms. The minimum absolute atomic E-state index is 0.102. The number of hydrazone groups is 1. The number of ether oxygens (including phenoxy) is 4. The lowest BCUT2D eigenvalue weighted by Crippen LogP contribution is -2.18. The quantitative estimate of drug-likeness (QED) is 0.0772. The van der Waals surface area contributed by atoms with E-state index in [1.165, 1.54) is 94.1 Å². The highest BCUT2D eigenvalue weighted by molar-refractivity contribution is 6.05. The summed E-state index contributed by atoms with van der Waals surface area (Å²) in [5.41, 5.74) is 3.64. The van der Waals surface area contributed by atoms with E-state index in [9.17, 15) is 29.3 Å². The smallest absolute Gasteiger partial charge is 0.343 e. The number of hydrogen-bond acceptors (Lipinski definition) is 11. The lowest BCUT2D eigenvalue weighted by molar-refractivity contribution is -0.384. The molecule has 0 fully saturated rings. The highest BCUT2D eigenvalue weighted by atomic mass is 16.6. The van der Waals surface area contributed by atoms with E-state index in [-0.39, 0.29) is 45.4 Å². The maximum absolute atomic E-state index is 12.8. The van der Waals surface area contributed by atoms with Crippen LogP contribution in [0.4, 0.5) is 11.4 Å². The van der Waals surface area contributed by atoms with Crippen molar-refractivity contribution in [3.63, 3.8) is 0 Å². The predicted octanol–water partition coefficient (Wildman–Crippen LogP) is 4.77. The number of rotatable bonds is 11. The van der Waals surface area contributed by atoms with Gasteiger partial charge in [0.15, 0.2) is 23.0 Å². The number of anilines is 1. The number of carbonyl (C=O) groups excluding carboxylic acids is 4. The van der Waals surface area contributed by atoms with E-state index in [1.54, 1.807) is 18.2 Å². The van der Waals surface area contributed by atoms with Gasteiger partial charge in [-0.2, -0.15) is 5.10 Å². The highest BCUT2D eigenvalue weighted by Crippen LogP contribution is 2.30. The third-order valence-electron chi connectivity index (χ3n) is 6.15. The van der Waals surface area contributed by atoms with Gasteiger partial charge in [-0.05, 0) is 72.3 Å². The van der Waals surface area contributed by atoms with Crippen molar-refractivity contribution in [2.45, 2.75) is 6.92 Å². The van der Waals surface area contributed by atoms with Crippen molar-refractivity contribution < 1.29 is 43.0 Å². The number of nitro benzene ring substituents is 1. The monoisotopic (exact) mass is 626 g/mol. The standard InChI is InChI=1S/C32H26N4O10/c1-19(37)45-26-14-10-23(17-29(26)44-3)30(38)34-24-6-4-5-22(16-24)31(39)35-33-18-20-7-13-27(28(15-20)43-2)46-32(40)21-8-11-25(12-9-21)36(41)42/h4-18H,1-3H3,(H,34,38)(H,35,39). The number of carbonyl (C=O) groups is 4. The number of amides is 2. The van der Waals surface area contributed by atoms with E-state index in [4.69, 9.17) is 18.9 Å². The molecule has 0 radical (unpaired) electrons. The molecule has 14 nitrogen and oxygen atoms in total. The molecule has 4 aromatic rings. The predicted molar refractivity (Wildman–Crippen MR) is 165 cm³/mol. The molecule has 0 bridgehead atoms. The fraction of sp³-hybridized carbons (Fsp3) is 0.0938. The Kier molecular flexibility index (Phi) is 10.4. The van der Waals surface area contributed by atoms with E-state index in [0.717, 1.165) is 0 Å². The normalized spacial score (nSPS) is 10.5. The molecule has 0 aliphatic carbocycles. The van der Waals surface area contributed by atoms with E-state index in [2.05, 4.69) is 15.8 Å². The van der Waals surface area contributed by atoms with Gasteiger partial charge < -0.3 is 24.3 Å². The van der Waals surface area contributed by atoms with Gasteiger partial charge in [-0.1, -0.05) is 6.07 Å². The summed E-state index contributed by atoms with van der Waals surface area (Å²) in [6, 6.07) is 20.0. The van der Waals surface area contributed by atoms with Crippen molar-refractivity contribution >= 4 is 41.3 Å². The maximum atomic E-state index is 12.8. The van der Waals surface area contributed by atoms with Gasteiger partial charge in [-0.3, -0.25) is 24.5 Å². The number of methoxy groups -OCH3 is 2. The van der Waals surface area contributed by atoms with Crippen LogP contribution in [0.15, 0.2) is 90.0 Å². The summed E-state index contributed by atoms with van der Waals surface area (Å²) >= 11 is 0. The molecule has 4 aromatic carbocycles. The summed E-state index contributed by atoms with van der Waals surface area (Å²) in [5, 5.41) is 17.5. The van der Waals surface area contributed by atoms with E-state index >= 15 is 0 Å². The molecule has 2 amide bonds. The average Bonchev–Trinajstić information content (AvgIpc) is 3.05. The first-order valence-electron chi connectivity index (χ1n) is 13.3. The van der Waals surface area contributed by atoms with Crippen LogP contribution in [0.5, 0.6) is 23.0 Å². The molecule has 0 unspecified atom stereocenters. The molecule has 0 aliphatic heterocycles. The molecule has 0 saturated heterocycles. The Morgan fingerprint density at radius 3 is 2.04 bits per heavy atom. The molecular formula is C32H26N4O10. The van der Waals surface area contributed by atoms with Gasteiger partial charge in [-0.15, -0.1) is 0 Å². The number of nitro groups is 1. The van der Waals surface area contributed by atoms with Crippen molar-refractivity contribution in [1.82, 2.24) is 5.43 Å². The second kappa shape index (κ2) is 14.7. The molecule has 14 heteroatoms. The van der Waals surface area contributed by atoms with E-state index in [0.29, 0.717) is 11.3 Å². The highest BCUT2D eigenvalue weighted by Gasteiger charge is 2.16. The van der Waals surface area contributed by atoms with Crippen LogP contribution in [0.2, 0.25) is 0 Å². The minimum atomic E-state index is -0.739. The minimum Gasteiger partial charge on any atom is -0.493 e. The lowest BCUT2D eigenvalue weighted by Gasteiger charge is -2.11. The summed E-state index contributed by atoms with van der Waals surface area (Å²) in [6.07, 6.45) is 1.35. The number of hydrogen-bond donors (Lipinski definition) is 2. The summed E-state index contributed by atoms with van der Waals surface area (Å²) in [6.45, 7) is 1.25. The van der Waals surface area contributed by atoms with Crippen molar-refractivity contribution in [3.8, 4) is 23.0 Å². The fourth-order valence-corrected chi connectivity index (χ4v) is 3.95. The summed E-state index contributed by atoms with van der Waals surface area (Å²) in [5.74, 6) is -1.64. The van der Waals surface area contributed by atoms with Crippen molar-refractivity contribution in [2.24, 2.45) is 5.10 Å². The van der Waals surface area contributed by atoms with Crippen LogP contribution < -0.4 is 29.7 Å². The molecule has 234 valence electrons. The second-order valence-corrected chi connectivity index (χ2v) is 9.30. The summed E-state index contributed by atoms with van der Waals surface area (Å²) < 4.78 is 20.9. The Morgan fingerprint density at radius 1 is 0.739 bits per heavy atom. The molecule has 0 atom stereocenters. The van der Waals surface area contributed by atoms with Gasteiger partial charge in [0.05, 0.1) is 30.9 Å². The first-order chi connectivity index (χ1) is 22.1. The number of benzene rings is 4. The molecule has 0 saturated carbocycles. The molecular weight excluding hydrogens is 600 g/mol. The van der Waals surface area contributed by atoms with E-state index in [1.807, 2.05) is 0 Å². The Balaban J connectivity index is 1.37. The summed E-state index contributed by atoms with van der Waals surface area (Å²) in [7, 11) is 2.76. The average molecular weight is 627 g/mol. The number of nitrogens with zero attached hydrogens (tertiary/aromatic N) is 2. The largest absolute Gasteiger partial charge is 0.493 e. The molecule has 0 aromatic heterocycles. The fourth-order valence-electron chi connectivity index (χ4n) is 3.95. The first-order valence-corrected chi connectivity index (χ1v) is 13.3. The zero-order valence-electron chi connectivity index (χ0n) is 24.6. The van der Waals surface area contributed by atoms with Crippen LogP contribution in [0, 0.1) is 10.1 Å². The Labute approximate surface area is 261 Å². The molecule has 2 N–H and O–H groups in total. The Bertz CT molecular complexity index is 1840. The maximum Gasteiger partial charge on any atom is 0.343 e. The van der Waals surface area contributed by atoms with Crippen LogP contribution in [-0.4, -0.2) is 49.1 Å². The molecule has 0 spiro atoms. The Hall–Kier alpha value is -6.57. The Morgan fingerprint density at radius 2 is 1.37 bits per heavy atom. The van der Waals surface area contributed by atoms with Crippen LogP contribution in [-0.2, 0) is 4.79 Å². The van der Waals surface area contributed by atoms with Crippen LogP contribution >= 0.6 is 0 Å². The van der Waals surface area contributed by atoms with Crippen LogP contribution in [0.3, 0.4) is 0 Å². The van der Waals surface area contributed by atoms with Crippen molar-refractivity contribution in [3.05, 3.63) is 117 Å². The van der Waals surface area contributed by atoms with E-state index < -0.39 is 28.7 Å².